The minimum Gasteiger partial charge on any atom is -0.480 e. The minimum atomic E-state index is -0.778. The molecule has 2 rings (SSSR count). The summed E-state index contributed by atoms with van der Waals surface area (Å²) in [4.78, 5) is 15.3. The number of para-hydroxylation sites is 1. The van der Waals surface area contributed by atoms with Crippen LogP contribution in [0.3, 0.4) is 0 Å². The molecule has 0 unspecified atom stereocenters. The highest BCUT2D eigenvalue weighted by molar-refractivity contribution is 5.73. The SMILES string of the molecule is O=C(O)CN(CCN1CCCC1)c1ccccc1. The summed E-state index contributed by atoms with van der Waals surface area (Å²) in [5, 5.41) is 8.98. The highest BCUT2D eigenvalue weighted by Crippen LogP contribution is 2.14. The molecule has 1 aliphatic rings. The summed E-state index contributed by atoms with van der Waals surface area (Å²) < 4.78 is 0. The lowest BCUT2D eigenvalue weighted by molar-refractivity contribution is -0.135. The average molecular weight is 248 g/mol. The number of hydrogen-bond acceptors (Lipinski definition) is 3. The first-order valence-corrected chi connectivity index (χ1v) is 6.50. The van der Waals surface area contributed by atoms with Crippen molar-refractivity contribution in [2.45, 2.75) is 12.8 Å². The molecular weight excluding hydrogens is 228 g/mol. The van der Waals surface area contributed by atoms with Crippen molar-refractivity contribution in [2.24, 2.45) is 0 Å². The zero-order valence-corrected chi connectivity index (χ0v) is 10.6. The van der Waals surface area contributed by atoms with E-state index >= 15 is 0 Å². The Morgan fingerprint density at radius 1 is 1.22 bits per heavy atom. The third-order valence-electron chi connectivity index (χ3n) is 3.33. The van der Waals surface area contributed by atoms with Gasteiger partial charge in [-0.3, -0.25) is 4.79 Å². The average Bonchev–Trinajstić information content (AvgIpc) is 2.88. The summed E-state index contributed by atoms with van der Waals surface area (Å²) >= 11 is 0. The molecule has 1 N–H and O–H groups in total. The standard InChI is InChI=1S/C14H20N2O2/c17-14(18)12-16(13-6-2-1-3-7-13)11-10-15-8-4-5-9-15/h1-3,6-7H,4-5,8-12H2,(H,17,18). The molecular formula is C14H20N2O2. The van der Waals surface area contributed by atoms with Crippen LogP contribution in [0.25, 0.3) is 0 Å². The van der Waals surface area contributed by atoms with E-state index in [1.807, 2.05) is 35.2 Å². The summed E-state index contributed by atoms with van der Waals surface area (Å²) in [6.07, 6.45) is 2.54. The predicted molar refractivity (Wildman–Crippen MR) is 72.0 cm³/mol. The fraction of sp³-hybridized carbons (Fsp3) is 0.500. The number of aliphatic carboxylic acids is 1. The van der Waals surface area contributed by atoms with Crippen LogP contribution in [0.1, 0.15) is 12.8 Å². The lowest BCUT2D eigenvalue weighted by Crippen LogP contribution is -2.37. The summed E-state index contributed by atoms with van der Waals surface area (Å²) in [6.45, 7) is 4.09. The first kappa shape index (κ1) is 12.9. The van der Waals surface area contributed by atoms with E-state index in [1.165, 1.54) is 12.8 Å². The van der Waals surface area contributed by atoms with Gasteiger partial charge < -0.3 is 14.9 Å². The molecule has 1 aromatic carbocycles. The van der Waals surface area contributed by atoms with Crippen LogP contribution >= 0.6 is 0 Å². The molecule has 0 aliphatic carbocycles. The number of benzene rings is 1. The highest BCUT2D eigenvalue weighted by Gasteiger charge is 2.15. The summed E-state index contributed by atoms with van der Waals surface area (Å²) in [5.74, 6) is -0.778. The number of carboxylic acids is 1. The van der Waals surface area contributed by atoms with Gasteiger partial charge in [-0.05, 0) is 38.1 Å². The number of hydrogen-bond donors (Lipinski definition) is 1. The second-order valence-electron chi connectivity index (χ2n) is 4.70. The highest BCUT2D eigenvalue weighted by atomic mass is 16.4. The van der Waals surface area contributed by atoms with E-state index in [2.05, 4.69) is 4.90 Å². The van der Waals surface area contributed by atoms with Gasteiger partial charge >= 0.3 is 5.97 Å². The van der Waals surface area contributed by atoms with Gasteiger partial charge in [0.05, 0.1) is 0 Å². The minimum absolute atomic E-state index is 0.0673. The topological polar surface area (TPSA) is 43.8 Å². The molecule has 0 radical (unpaired) electrons. The monoisotopic (exact) mass is 248 g/mol. The lowest BCUT2D eigenvalue weighted by atomic mass is 10.3. The molecule has 1 heterocycles. The maximum absolute atomic E-state index is 10.9. The first-order chi connectivity index (χ1) is 8.75. The number of likely N-dealkylation sites (tertiary alicyclic amines) is 1. The lowest BCUT2D eigenvalue weighted by Gasteiger charge is -2.25. The number of carbonyl (C=O) groups is 1. The molecule has 98 valence electrons. The van der Waals surface area contributed by atoms with Crippen LogP contribution in [-0.4, -0.2) is 48.7 Å². The van der Waals surface area contributed by atoms with E-state index in [-0.39, 0.29) is 6.54 Å². The molecule has 0 atom stereocenters. The Bertz CT molecular complexity index is 375. The normalized spacial score (nSPS) is 15.8. The Morgan fingerprint density at radius 2 is 1.89 bits per heavy atom. The number of rotatable bonds is 6. The van der Waals surface area contributed by atoms with Crippen LogP contribution in [0.5, 0.6) is 0 Å². The molecule has 1 saturated heterocycles. The molecule has 4 nitrogen and oxygen atoms in total. The molecule has 4 heteroatoms. The zero-order chi connectivity index (χ0) is 12.8. The molecule has 0 saturated carbocycles. The Kier molecular flexibility index (Phi) is 4.59. The van der Waals surface area contributed by atoms with Crippen molar-refractivity contribution < 1.29 is 9.90 Å². The first-order valence-electron chi connectivity index (χ1n) is 6.50. The zero-order valence-electron chi connectivity index (χ0n) is 10.6. The van der Waals surface area contributed by atoms with Crippen LogP contribution in [0.4, 0.5) is 5.69 Å². The number of carboxylic acid groups (broad SMARTS) is 1. The molecule has 1 aliphatic heterocycles. The Morgan fingerprint density at radius 3 is 2.50 bits per heavy atom. The second-order valence-corrected chi connectivity index (χ2v) is 4.70. The van der Waals surface area contributed by atoms with Crippen LogP contribution < -0.4 is 4.90 Å². The van der Waals surface area contributed by atoms with Gasteiger partial charge in [-0.2, -0.15) is 0 Å². The quantitative estimate of drug-likeness (QED) is 0.831. The van der Waals surface area contributed by atoms with Crippen molar-refractivity contribution in [2.75, 3.05) is 37.6 Å². The third-order valence-corrected chi connectivity index (χ3v) is 3.33. The van der Waals surface area contributed by atoms with Crippen molar-refractivity contribution in [1.29, 1.82) is 0 Å². The van der Waals surface area contributed by atoms with Gasteiger partial charge in [-0.15, -0.1) is 0 Å². The van der Waals surface area contributed by atoms with E-state index < -0.39 is 5.97 Å². The van der Waals surface area contributed by atoms with Gasteiger partial charge in [0.25, 0.3) is 0 Å². The Hall–Kier alpha value is -1.55. The molecule has 18 heavy (non-hydrogen) atoms. The molecule has 0 spiro atoms. The van der Waals surface area contributed by atoms with E-state index in [0.29, 0.717) is 0 Å². The van der Waals surface area contributed by atoms with Crippen LogP contribution in [-0.2, 0) is 4.79 Å². The van der Waals surface area contributed by atoms with Crippen LogP contribution in [0.15, 0.2) is 30.3 Å². The van der Waals surface area contributed by atoms with Crippen molar-refractivity contribution in [1.82, 2.24) is 4.90 Å². The van der Waals surface area contributed by atoms with E-state index in [4.69, 9.17) is 5.11 Å². The van der Waals surface area contributed by atoms with Gasteiger partial charge in [-0.25, -0.2) is 0 Å². The van der Waals surface area contributed by atoms with Crippen molar-refractivity contribution in [3.05, 3.63) is 30.3 Å². The van der Waals surface area contributed by atoms with E-state index in [1.54, 1.807) is 0 Å². The van der Waals surface area contributed by atoms with Crippen LogP contribution in [0.2, 0.25) is 0 Å². The Balaban J connectivity index is 1.94. The van der Waals surface area contributed by atoms with Gasteiger partial charge in [-0.1, -0.05) is 18.2 Å². The molecule has 1 aromatic rings. The fourth-order valence-electron chi connectivity index (χ4n) is 2.37. The van der Waals surface area contributed by atoms with Gasteiger partial charge in [0.1, 0.15) is 6.54 Å². The smallest absolute Gasteiger partial charge is 0.323 e. The van der Waals surface area contributed by atoms with Crippen molar-refractivity contribution in [3.63, 3.8) is 0 Å². The summed E-state index contributed by atoms with van der Waals surface area (Å²) in [7, 11) is 0. The molecule has 1 fully saturated rings. The van der Waals surface area contributed by atoms with Crippen LogP contribution in [0, 0.1) is 0 Å². The molecule has 0 amide bonds. The maximum atomic E-state index is 10.9. The third kappa shape index (κ3) is 3.74. The van der Waals surface area contributed by atoms with Crippen molar-refractivity contribution in [3.8, 4) is 0 Å². The van der Waals surface area contributed by atoms with Gasteiger partial charge in [0, 0.05) is 18.8 Å². The second kappa shape index (κ2) is 6.40. The summed E-state index contributed by atoms with van der Waals surface area (Å²) in [5.41, 5.74) is 0.985. The fourth-order valence-corrected chi connectivity index (χ4v) is 2.37. The largest absolute Gasteiger partial charge is 0.480 e. The van der Waals surface area contributed by atoms with E-state index in [9.17, 15) is 4.79 Å². The summed E-state index contributed by atoms with van der Waals surface area (Å²) in [6, 6.07) is 9.77. The van der Waals surface area contributed by atoms with Crippen molar-refractivity contribution >= 4 is 11.7 Å². The predicted octanol–water partition coefficient (Wildman–Crippen LogP) is 1.67. The number of nitrogens with zero attached hydrogens (tertiary/aromatic N) is 2. The molecule has 0 aromatic heterocycles. The maximum Gasteiger partial charge on any atom is 0.323 e. The number of anilines is 1. The van der Waals surface area contributed by atoms with E-state index in [0.717, 1.165) is 31.9 Å². The van der Waals surface area contributed by atoms with Gasteiger partial charge in [0.2, 0.25) is 0 Å². The Labute approximate surface area is 108 Å². The van der Waals surface area contributed by atoms with Gasteiger partial charge in [0.15, 0.2) is 0 Å². The molecule has 0 bridgehead atoms.